The van der Waals surface area contributed by atoms with Crippen LogP contribution in [0, 0.1) is 0 Å². The second-order valence-electron chi connectivity index (χ2n) is 1.29. The number of halogens is 3. The minimum Gasteiger partial charge on any atom is -0.216 e. The molecule has 0 aliphatic carbocycles. The van der Waals surface area contributed by atoms with E-state index in [9.17, 15) is 5.11 Å². The molecule has 0 bridgehead atoms. The molecule has 0 rings (SSSR count). The maximum Gasteiger partial charge on any atom is 0.172 e. The van der Waals surface area contributed by atoms with Crippen LogP contribution in [-0.4, -0.2) is 5.54 Å². The van der Waals surface area contributed by atoms with Crippen LogP contribution in [0.5, 0.6) is 0 Å². The zero-order chi connectivity index (χ0) is 6.08. The number of alkyl halides is 3. The van der Waals surface area contributed by atoms with E-state index < -0.39 is 3.61 Å². The maximum absolute atomic E-state index is 10.8. The highest BCUT2D eigenvalue weighted by molar-refractivity contribution is 14.2. The van der Waals surface area contributed by atoms with Gasteiger partial charge in [0, 0.05) is 0 Å². The summed E-state index contributed by atoms with van der Waals surface area (Å²) < 4.78 is -0.637. The summed E-state index contributed by atoms with van der Waals surface area (Å²) in [5, 5.41) is 10.8. The van der Waals surface area contributed by atoms with Gasteiger partial charge in [-0.1, -0.05) is 45.2 Å². The van der Waals surface area contributed by atoms with E-state index in [4.69, 9.17) is 0 Å². The molecule has 1 atom stereocenters. The molecule has 0 saturated carbocycles. The molecule has 0 amide bonds. The van der Waals surface area contributed by atoms with E-state index in [0.717, 1.165) is 0 Å². The Morgan fingerprint density at radius 1 is 1.57 bits per heavy atom. The molecule has 0 aromatic rings. The molecule has 0 saturated heterocycles. The molecule has 1 unspecified atom stereocenters. The summed E-state index contributed by atoms with van der Waals surface area (Å²) in [4.78, 5) is 0. The Labute approximate surface area is 84.0 Å². The summed E-state index contributed by atoms with van der Waals surface area (Å²) in [5.74, 6) is 0. The van der Waals surface area contributed by atoms with Gasteiger partial charge in [0.1, 0.15) is 1.93 Å². The van der Waals surface area contributed by atoms with Gasteiger partial charge in [-0.3, -0.25) is 0 Å². The summed E-state index contributed by atoms with van der Waals surface area (Å²) in [6.07, 6.45) is 0. The predicted molar refractivity (Wildman–Crippen MR) is 54.9 cm³/mol. The molecule has 0 aliphatic heterocycles. The lowest BCUT2D eigenvalue weighted by atomic mass is 10.5. The van der Waals surface area contributed by atoms with Crippen molar-refractivity contribution in [2.24, 2.45) is 0 Å². The quantitative estimate of drug-likeness (QED) is 0.445. The third kappa shape index (κ3) is 4.64. The zero-order valence-electron chi connectivity index (χ0n) is 3.62. The van der Waals surface area contributed by atoms with Crippen LogP contribution in [0.3, 0.4) is 0 Å². The second-order valence-corrected chi connectivity index (χ2v) is 8.30. The first-order valence-electron chi connectivity index (χ1n) is 1.62. The first-order chi connectivity index (χ1) is 2.94. The van der Waals surface area contributed by atoms with Crippen molar-refractivity contribution in [1.29, 1.82) is 0 Å². The molecule has 0 N–H and O–H groups in total. The Kier molecular flexibility index (Phi) is 4.38. The van der Waals surface area contributed by atoms with Crippen molar-refractivity contribution in [3.05, 3.63) is 0 Å². The minimum atomic E-state index is -0.807. The van der Waals surface area contributed by atoms with E-state index in [2.05, 4.69) is 45.2 Å². The predicted octanol–water partition coefficient (Wildman–Crippen LogP) is 2.76. The van der Waals surface area contributed by atoms with Gasteiger partial charge in [0.25, 0.3) is 0 Å². The summed E-state index contributed by atoms with van der Waals surface area (Å²) in [6.45, 7) is 1.68. The third-order valence-corrected chi connectivity index (χ3v) is 5.77. The highest BCUT2D eigenvalue weighted by atomic mass is 127. The molecule has 43 valence electrons. The van der Waals surface area contributed by atoms with Crippen molar-refractivity contribution in [2.45, 2.75) is 12.5 Å². The van der Waals surface area contributed by atoms with E-state index in [-0.39, 0.29) is 1.93 Å². The lowest BCUT2D eigenvalue weighted by molar-refractivity contribution is 0.109. The molecular formula is C3H4I3O. The first kappa shape index (κ1) is 9.15. The summed E-state index contributed by atoms with van der Waals surface area (Å²) in [6, 6.07) is 0. The Hall–Kier alpha value is 2.15. The van der Waals surface area contributed by atoms with Crippen LogP contribution in [-0.2, 0) is 5.11 Å². The van der Waals surface area contributed by atoms with Crippen LogP contribution in [0.1, 0.15) is 6.92 Å². The third-order valence-electron chi connectivity index (χ3n) is 0.390. The highest BCUT2D eigenvalue weighted by Gasteiger charge is 2.25. The van der Waals surface area contributed by atoms with Crippen LogP contribution in [0.15, 0.2) is 0 Å². The average Bonchev–Trinajstić information content (AvgIpc) is 1.31. The van der Waals surface area contributed by atoms with Crippen LogP contribution < -0.4 is 0 Å². The molecular weight excluding hydrogens is 433 g/mol. The van der Waals surface area contributed by atoms with Crippen molar-refractivity contribution in [2.75, 3.05) is 0 Å². The van der Waals surface area contributed by atoms with Gasteiger partial charge in [0.2, 0.25) is 0 Å². The summed E-state index contributed by atoms with van der Waals surface area (Å²) >= 11 is 6.13. The Morgan fingerprint density at radius 3 is 1.71 bits per heavy atom. The fourth-order valence-electron chi connectivity index (χ4n) is 0. The van der Waals surface area contributed by atoms with Crippen LogP contribution in [0.25, 0.3) is 0 Å². The van der Waals surface area contributed by atoms with Crippen molar-refractivity contribution in [3.8, 4) is 0 Å². The minimum absolute atomic E-state index is 0.170. The molecule has 0 aromatic carbocycles. The summed E-state index contributed by atoms with van der Waals surface area (Å²) in [5.41, 5.74) is 0. The maximum atomic E-state index is 10.8. The highest BCUT2D eigenvalue weighted by Crippen LogP contribution is 2.30. The zero-order valence-corrected chi connectivity index (χ0v) is 10.1. The van der Waals surface area contributed by atoms with Gasteiger partial charge in [0.15, 0.2) is 3.61 Å². The van der Waals surface area contributed by atoms with Gasteiger partial charge in [-0.05, 0) is 29.5 Å². The Balaban J connectivity index is 3.54. The van der Waals surface area contributed by atoms with Gasteiger partial charge in [-0.25, -0.2) is 5.11 Å². The lowest BCUT2D eigenvalue weighted by Crippen LogP contribution is -2.19. The Bertz CT molecular complexity index is 55.7. The monoisotopic (exact) mass is 437 g/mol. The van der Waals surface area contributed by atoms with E-state index in [1.807, 2.05) is 22.6 Å². The fourth-order valence-corrected chi connectivity index (χ4v) is 0. The fraction of sp³-hybridized carbons (Fsp3) is 1.00. The number of rotatable bonds is 1. The molecule has 0 aliphatic rings. The van der Waals surface area contributed by atoms with Crippen molar-refractivity contribution >= 4 is 67.8 Å². The first-order valence-corrected chi connectivity index (χ1v) is 5.19. The summed E-state index contributed by atoms with van der Waals surface area (Å²) in [7, 11) is 0. The van der Waals surface area contributed by atoms with Crippen molar-refractivity contribution < 1.29 is 5.11 Å². The molecule has 7 heavy (non-hydrogen) atoms. The topological polar surface area (TPSA) is 19.9 Å². The van der Waals surface area contributed by atoms with Gasteiger partial charge in [-0.15, -0.1) is 0 Å². The van der Waals surface area contributed by atoms with Crippen LogP contribution >= 0.6 is 67.8 Å². The smallest absolute Gasteiger partial charge is 0.172 e. The van der Waals surface area contributed by atoms with Gasteiger partial charge in [0.05, 0.1) is 0 Å². The average molecular weight is 437 g/mol. The SMILES string of the molecule is CC([O])(I)C(I)I. The van der Waals surface area contributed by atoms with E-state index in [1.165, 1.54) is 0 Å². The van der Waals surface area contributed by atoms with Gasteiger partial charge >= 0.3 is 0 Å². The van der Waals surface area contributed by atoms with Crippen molar-refractivity contribution in [3.63, 3.8) is 0 Å². The molecule has 1 nitrogen and oxygen atoms in total. The van der Waals surface area contributed by atoms with Gasteiger partial charge < -0.3 is 0 Å². The largest absolute Gasteiger partial charge is 0.216 e. The Morgan fingerprint density at radius 2 is 1.71 bits per heavy atom. The van der Waals surface area contributed by atoms with E-state index >= 15 is 0 Å². The molecule has 0 aromatic heterocycles. The molecule has 0 spiro atoms. The van der Waals surface area contributed by atoms with Crippen LogP contribution in [0.2, 0.25) is 0 Å². The number of hydrogen-bond donors (Lipinski definition) is 0. The van der Waals surface area contributed by atoms with Crippen LogP contribution in [0.4, 0.5) is 0 Å². The molecule has 0 heterocycles. The van der Waals surface area contributed by atoms with Crippen molar-refractivity contribution in [1.82, 2.24) is 0 Å². The standard InChI is InChI=1S/C3H4I3O/c1-3(6,7)2(4)5/h2H,1H3. The molecule has 1 radical (unpaired) electrons. The normalized spacial score (nSPS) is 19.7. The molecule has 4 heteroatoms. The van der Waals surface area contributed by atoms with E-state index in [1.54, 1.807) is 6.92 Å². The number of hydrogen-bond acceptors (Lipinski definition) is 0. The molecule has 0 fully saturated rings. The lowest BCUT2D eigenvalue weighted by Gasteiger charge is -2.12. The second kappa shape index (κ2) is 3.35. The van der Waals surface area contributed by atoms with Gasteiger partial charge in [-0.2, -0.15) is 0 Å². The van der Waals surface area contributed by atoms with E-state index in [0.29, 0.717) is 0 Å².